The molecular formula is C14H22N3O+. The Morgan fingerprint density at radius 1 is 1.22 bits per heavy atom. The topological polar surface area (TPSA) is 29.1 Å². The molecule has 1 aromatic heterocycles. The zero-order valence-corrected chi connectivity index (χ0v) is 11.1. The van der Waals surface area contributed by atoms with Crippen molar-refractivity contribution in [3.05, 3.63) is 18.7 Å². The van der Waals surface area contributed by atoms with Crippen LogP contribution >= 0.6 is 0 Å². The van der Waals surface area contributed by atoms with E-state index in [1.165, 1.54) is 38.5 Å². The van der Waals surface area contributed by atoms with Gasteiger partial charge in [0.15, 0.2) is 0 Å². The maximum atomic E-state index is 12.5. The van der Waals surface area contributed by atoms with Crippen LogP contribution in [0.1, 0.15) is 38.5 Å². The molecular weight excluding hydrogens is 226 g/mol. The van der Waals surface area contributed by atoms with E-state index in [-0.39, 0.29) is 6.03 Å². The summed E-state index contributed by atoms with van der Waals surface area (Å²) in [5, 5.41) is 0. The number of imidazole rings is 1. The summed E-state index contributed by atoms with van der Waals surface area (Å²) < 4.78 is 3.64. The van der Waals surface area contributed by atoms with Gasteiger partial charge in [0.05, 0.1) is 7.05 Å². The van der Waals surface area contributed by atoms with E-state index in [0.717, 1.165) is 12.5 Å². The molecule has 1 saturated carbocycles. The van der Waals surface area contributed by atoms with Crippen molar-refractivity contribution < 1.29 is 9.36 Å². The normalized spacial score (nSPS) is 27.9. The SMILES string of the molecule is C[n+]1ccn(C(=O)N2CCC[C@H]3CCCC[C@H]32)c1. The number of carbonyl (C=O) groups is 1. The number of aromatic nitrogens is 2. The first kappa shape index (κ1) is 11.8. The number of piperidine rings is 1. The van der Waals surface area contributed by atoms with E-state index in [1.807, 2.05) is 30.3 Å². The first-order valence-electron chi connectivity index (χ1n) is 7.10. The molecule has 1 aromatic rings. The molecule has 0 bridgehead atoms. The number of hydrogen-bond acceptors (Lipinski definition) is 1. The monoisotopic (exact) mass is 248 g/mol. The second-order valence-corrected chi connectivity index (χ2v) is 5.72. The van der Waals surface area contributed by atoms with Crippen molar-refractivity contribution in [2.24, 2.45) is 13.0 Å². The Balaban J connectivity index is 1.79. The van der Waals surface area contributed by atoms with E-state index < -0.39 is 0 Å². The first-order valence-corrected chi connectivity index (χ1v) is 7.10. The highest BCUT2D eigenvalue weighted by atomic mass is 16.2. The molecule has 4 heteroatoms. The lowest BCUT2D eigenvalue weighted by molar-refractivity contribution is -0.670. The number of hydrogen-bond donors (Lipinski definition) is 0. The van der Waals surface area contributed by atoms with E-state index in [9.17, 15) is 4.79 Å². The summed E-state index contributed by atoms with van der Waals surface area (Å²) in [5.41, 5.74) is 0. The quantitative estimate of drug-likeness (QED) is 0.645. The van der Waals surface area contributed by atoms with Crippen molar-refractivity contribution in [2.45, 2.75) is 44.6 Å². The minimum Gasteiger partial charge on any atom is -0.301 e. The minimum absolute atomic E-state index is 0.159. The van der Waals surface area contributed by atoms with Gasteiger partial charge in [-0.25, -0.2) is 9.36 Å². The predicted molar refractivity (Wildman–Crippen MR) is 68.1 cm³/mol. The Labute approximate surface area is 108 Å². The van der Waals surface area contributed by atoms with Gasteiger partial charge in [-0.3, -0.25) is 0 Å². The summed E-state index contributed by atoms with van der Waals surface area (Å²) in [5.74, 6) is 0.751. The Morgan fingerprint density at radius 3 is 2.78 bits per heavy atom. The molecule has 1 aliphatic heterocycles. The van der Waals surface area contributed by atoms with Crippen LogP contribution in [-0.2, 0) is 7.05 Å². The van der Waals surface area contributed by atoms with Gasteiger partial charge in [0.1, 0.15) is 12.4 Å². The molecule has 1 aliphatic carbocycles. The van der Waals surface area contributed by atoms with Crippen LogP contribution in [-0.4, -0.2) is 28.1 Å². The van der Waals surface area contributed by atoms with E-state index >= 15 is 0 Å². The summed E-state index contributed by atoms with van der Waals surface area (Å²) in [4.78, 5) is 14.7. The zero-order chi connectivity index (χ0) is 12.5. The Bertz CT molecular complexity index is 438. The fourth-order valence-corrected chi connectivity index (χ4v) is 3.57. The van der Waals surface area contributed by atoms with Gasteiger partial charge in [-0.1, -0.05) is 12.8 Å². The lowest BCUT2D eigenvalue weighted by atomic mass is 9.78. The molecule has 0 spiro atoms. The Kier molecular flexibility index (Phi) is 3.10. The maximum absolute atomic E-state index is 12.5. The number of likely N-dealkylation sites (tertiary alicyclic amines) is 1. The van der Waals surface area contributed by atoms with Crippen LogP contribution in [0.15, 0.2) is 18.7 Å². The summed E-state index contributed by atoms with van der Waals surface area (Å²) in [7, 11) is 1.95. The van der Waals surface area contributed by atoms with Gasteiger partial charge in [-0.2, -0.15) is 4.57 Å². The third-order valence-electron chi connectivity index (χ3n) is 4.48. The van der Waals surface area contributed by atoms with E-state index in [4.69, 9.17) is 0 Å². The summed E-state index contributed by atoms with van der Waals surface area (Å²) in [6.07, 6.45) is 13.3. The highest BCUT2D eigenvalue weighted by Gasteiger charge is 2.37. The molecule has 2 fully saturated rings. The lowest BCUT2D eigenvalue weighted by Gasteiger charge is -2.42. The van der Waals surface area contributed by atoms with Crippen LogP contribution in [0.2, 0.25) is 0 Å². The van der Waals surface area contributed by atoms with Gasteiger partial charge >= 0.3 is 6.03 Å². The van der Waals surface area contributed by atoms with Crippen molar-refractivity contribution in [3.63, 3.8) is 0 Å². The molecule has 18 heavy (non-hydrogen) atoms. The van der Waals surface area contributed by atoms with Gasteiger partial charge < -0.3 is 4.90 Å². The highest BCUT2D eigenvalue weighted by molar-refractivity contribution is 5.77. The molecule has 2 heterocycles. The highest BCUT2D eigenvalue weighted by Crippen LogP contribution is 2.35. The van der Waals surface area contributed by atoms with Crippen molar-refractivity contribution >= 4 is 6.03 Å². The van der Waals surface area contributed by atoms with Crippen LogP contribution < -0.4 is 4.57 Å². The summed E-state index contributed by atoms with van der Waals surface area (Å²) in [6.45, 7) is 0.932. The van der Waals surface area contributed by atoms with E-state index in [2.05, 4.69) is 4.90 Å². The number of nitrogens with zero attached hydrogens (tertiary/aromatic N) is 3. The molecule has 0 radical (unpaired) electrons. The van der Waals surface area contributed by atoms with E-state index in [0.29, 0.717) is 6.04 Å². The molecule has 0 unspecified atom stereocenters. The molecule has 1 amide bonds. The van der Waals surface area contributed by atoms with Gasteiger partial charge in [0.25, 0.3) is 6.33 Å². The Morgan fingerprint density at radius 2 is 2.00 bits per heavy atom. The van der Waals surface area contributed by atoms with E-state index in [1.54, 1.807) is 4.57 Å². The molecule has 2 aliphatic rings. The molecule has 0 aromatic carbocycles. The van der Waals surface area contributed by atoms with Gasteiger partial charge in [-0.15, -0.1) is 0 Å². The van der Waals surface area contributed by atoms with Crippen LogP contribution in [0.5, 0.6) is 0 Å². The molecule has 98 valence electrons. The number of rotatable bonds is 0. The number of carbonyl (C=O) groups excluding carboxylic acids is 1. The van der Waals surface area contributed by atoms with Crippen molar-refractivity contribution in [1.29, 1.82) is 0 Å². The van der Waals surface area contributed by atoms with Crippen molar-refractivity contribution in [1.82, 2.24) is 9.47 Å². The zero-order valence-electron chi connectivity index (χ0n) is 11.1. The van der Waals surface area contributed by atoms with Crippen LogP contribution in [0.4, 0.5) is 4.79 Å². The second-order valence-electron chi connectivity index (χ2n) is 5.72. The number of fused-ring (bicyclic) bond motifs is 1. The standard InChI is InChI=1S/C14H22N3O/c1-15-9-10-16(11-15)14(18)17-8-4-6-12-5-2-3-7-13(12)17/h9-13H,2-8H2,1H3/q+1/t12-,13-/m1/s1. The smallest absolute Gasteiger partial charge is 0.301 e. The van der Waals surface area contributed by atoms with Crippen LogP contribution in [0, 0.1) is 5.92 Å². The van der Waals surface area contributed by atoms with Gasteiger partial charge in [0, 0.05) is 12.6 Å². The fraction of sp³-hybridized carbons (Fsp3) is 0.714. The predicted octanol–water partition coefficient (Wildman–Crippen LogP) is 1.94. The average molecular weight is 248 g/mol. The minimum atomic E-state index is 0.159. The summed E-state index contributed by atoms with van der Waals surface area (Å²) in [6, 6.07) is 0.653. The third kappa shape index (κ3) is 2.04. The first-order chi connectivity index (χ1) is 8.75. The molecule has 2 atom stereocenters. The largest absolute Gasteiger partial charge is 0.416 e. The van der Waals surface area contributed by atoms with Crippen LogP contribution in [0.25, 0.3) is 0 Å². The van der Waals surface area contributed by atoms with Crippen LogP contribution in [0.3, 0.4) is 0 Å². The maximum Gasteiger partial charge on any atom is 0.416 e. The van der Waals surface area contributed by atoms with Gasteiger partial charge in [0.2, 0.25) is 0 Å². The lowest BCUT2D eigenvalue weighted by Crippen LogP contribution is -2.51. The Hall–Kier alpha value is -1.32. The second kappa shape index (κ2) is 4.75. The number of aryl methyl sites for hydroxylation is 1. The van der Waals surface area contributed by atoms with Crippen molar-refractivity contribution in [2.75, 3.05) is 6.54 Å². The van der Waals surface area contributed by atoms with Crippen molar-refractivity contribution in [3.8, 4) is 0 Å². The van der Waals surface area contributed by atoms with Gasteiger partial charge in [-0.05, 0) is 31.6 Å². The molecule has 0 N–H and O–H groups in total. The third-order valence-corrected chi connectivity index (χ3v) is 4.48. The average Bonchev–Trinajstić information content (AvgIpc) is 2.84. The number of amides is 1. The molecule has 3 rings (SSSR count). The molecule has 4 nitrogen and oxygen atoms in total. The molecule has 1 saturated heterocycles. The summed E-state index contributed by atoms with van der Waals surface area (Å²) >= 11 is 0. The fourth-order valence-electron chi connectivity index (χ4n) is 3.57.